The Hall–Kier alpha value is -2.62. The van der Waals surface area contributed by atoms with Crippen molar-refractivity contribution in [3.63, 3.8) is 0 Å². The summed E-state index contributed by atoms with van der Waals surface area (Å²) >= 11 is 12.3. The lowest BCUT2D eigenvalue weighted by Gasteiger charge is -2.14. The summed E-state index contributed by atoms with van der Waals surface area (Å²) in [7, 11) is 1.28. The van der Waals surface area contributed by atoms with Crippen molar-refractivity contribution in [2.45, 2.75) is 0 Å². The van der Waals surface area contributed by atoms with Gasteiger partial charge in [-0.2, -0.15) is 0 Å². The van der Waals surface area contributed by atoms with E-state index in [2.05, 4.69) is 0 Å². The zero-order chi connectivity index (χ0) is 19.7. The summed E-state index contributed by atoms with van der Waals surface area (Å²) < 4.78 is 5.28. The van der Waals surface area contributed by atoms with E-state index >= 15 is 0 Å². The lowest BCUT2D eigenvalue weighted by Crippen LogP contribution is -2.27. The molecule has 0 radical (unpaired) electrons. The number of halogens is 1. The van der Waals surface area contributed by atoms with E-state index in [9.17, 15) is 20.0 Å². The summed E-state index contributed by atoms with van der Waals surface area (Å²) in [5.74, 6) is -1.02. The molecule has 1 fully saturated rings. The number of carbonyl (C=O) groups is 1. The summed E-state index contributed by atoms with van der Waals surface area (Å²) in [6.45, 7) is 0. The molecule has 1 amide bonds. The number of phenols is 1. The van der Waals surface area contributed by atoms with Crippen LogP contribution in [0.4, 0.5) is 11.4 Å². The van der Waals surface area contributed by atoms with E-state index in [1.807, 2.05) is 0 Å². The van der Waals surface area contributed by atoms with Crippen molar-refractivity contribution in [1.29, 1.82) is 0 Å². The maximum atomic E-state index is 12.8. The topological polar surface area (TPSA) is 92.9 Å². The molecule has 7 nitrogen and oxygen atoms in total. The molecule has 0 saturated carbocycles. The number of ether oxygens (including phenoxy) is 1. The van der Waals surface area contributed by atoms with Crippen molar-refractivity contribution in [3.05, 3.63) is 62.0 Å². The van der Waals surface area contributed by atoms with Crippen LogP contribution in [0.3, 0.4) is 0 Å². The number of hydrogen-bond acceptors (Lipinski definition) is 7. The Balaban J connectivity index is 2.01. The Bertz CT molecular complexity index is 1010. The van der Waals surface area contributed by atoms with E-state index in [4.69, 9.17) is 28.6 Å². The van der Waals surface area contributed by atoms with Crippen LogP contribution in [0.5, 0.6) is 11.5 Å². The number of nitrogens with zero attached hydrogens (tertiary/aromatic N) is 2. The highest BCUT2D eigenvalue weighted by molar-refractivity contribution is 8.27. The summed E-state index contributed by atoms with van der Waals surface area (Å²) in [6.07, 6.45) is 1.46. The summed E-state index contributed by atoms with van der Waals surface area (Å²) in [5, 5.41) is 21.4. The fraction of sp³-hybridized carbons (Fsp3) is 0.0588. The van der Waals surface area contributed by atoms with Gasteiger partial charge in [0.1, 0.15) is 0 Å². The van der Waals surface area contributed by atoms with Gasteiger partial charge >= 0.3 is 5.69 Å². The fourth-order valence-corrected chi connectivity index (χ4v) is 3.93. The molecule has 0 unspecified atom stereocenters. The monoisotopic (exact) mass is 422 g/mol. The number of thioether (sulfide) groups is 1. The van der Waals surface area contributed by atoms with Gasteiger partial charge in [-0.25, -0.2) is 0 Å². The summed E-state index contributed by atoms with van der Waals surface area (Å²) in [4.78, 5) is 24.8. The highest BCUT2D eigenvalue weighted by Crippen LogP contribution is 2.40. The number of phenolic OH excluding ortho intramolecular Hbond substituents is 1. The minimum atomic E-state index is -0.730. The number of thiocarbonyl (C=S) groups is 1. The Labute approximate surface area is 168 Å². The van der Waals surface area contributed by atoms with Crippen molar-refractivity contribution in [3.8, 4) is 11.5 Å². The number of nitro groups is 1. The molecule has 0 spiro atoms. The molecule has 1 N–H and O–H groups in total. The lowest BCUT2D eigenvalue weighted by molar-refractivity contribution is -0.386. The molecule has 0 bridgehead atoms. The molecule has 1 aliphatic rings. The van der Waals surface area contributed by atoms with Gasteiger partial charge in [0.05, 0.1) is 22.6 Å². The van der Waals surface area contributed by atoms with Gasteiger partial charge in [-0.05, 0) is 35.9 Å². The third kappa shape index (κ3) is 3.75. The van der Waals surface area contributed by atoms with Gasteiger partial charge in [0.2, 0.25) is 5.75 Å². The number of nitro benzene ring substituents is 1. The first kappa shape index (κ1) is 19.2. The minimum Gasteiger partial charge on any atom is -0.500 e. The molecule has 1 heterocycles. The molecule has 10 heteroatoms. The molecule has 3 rings (SSSR count). The molecule has 27 heavy (non-hydrogen) atoms. The van der Waals surface area contributed by atoms with Crippen molar-refractivity contribution in [1.82, 2.24) is 0 Å². The largest absolute Gasteiger partial charge is 0.500 e. The molecule has 2 aromatic rings. The highest BCUT2D eigenvalue weighted by Gasteiger charge is 2.33. The van der Waals surface area contributed by atoms with Gasteiger partial charge in [0.15, 0.2) is 10.1 Å². The number of anilines is 1. The average Bonchev–Trinajstić information content (AvgIpc) is 2.89. The molecule has 2 aromatic carbocycles. The number of hydrogen-bond donors (Lipinski definition) is 1. The van der Waals surface area contributed by atoms with Crippen molar-refractivity contribution >= 4 is 63.3 Å². The molecular formula is C17H11ClN2O5S2. The lowest BCUT2D eigenvalue weighted by atomic mass is 10.1. The van der Waals surface area contributed by atoms with E-state index in [0.717, 1.165) is 17.8 Å². The van der Waals surface area contributed by atoms with Crippen LogP contribution in [0.15, 0.2) is 41.3 Å². The number of rotatable bonds is 4. The van der Waals surface area contributed by atoms with Gasteiger partial charge in [-0.15, -0.1) is 0 Å². The third-order valence-electron chi connectivity index (χ3n) is 3.65. The second-order valence-electron chi connectivity index (χ2n) is 5.34. The standard InChI is InChI=1S/C17H11ClN2O5S2/c1-25-13-6-9(5-12(15(13)21)20(23)24)7-14-16(22)19(17(26)27-14)11-4-2-3-10(18)8-11/h2-8,21H,1H3. The summed E-state index contributed by atoms with van der Waals surface area (Å²) in [6, 6.07) is 9.25. The normalized spacial score (nSPS) is 15.5. The van der Waals surface area contributed by atoms with Crippen LogP contribution in [0, 0.1) is 10.1 Å². The van der Waals surface area contributed by atoms with Gasteiger partial charge < -0.3 is 9.84 Å². The SMILES string of the molecule is COc1cc(C=C2SC(=S)N(c3cccc(Cl)c3)C2=O)cc([N+](=O)[O-])c1O. The number of aromatic hydroxyl groups is 1. The maximum absolute atomic E-state index is 12.8. The first-order valence-electron chi connectivity index (χ1n) is 7.40. The van der Waals surface area contributed by atoms with E-state index < -0.39 is 16.4 Å². The fourth-order valence-electron chi connectivity index (χ4n) is 2.45. The van der Waals surface area contributed by atoms with Crippen LogP contribution >= 0.6 is 35.6 Å². The Kier molecular flexibility index (Phi) is 5.36. The second-order valence-corrected chi connectivity index (χ2v) is 7.46. The van der Waals surface area contributed by atoms with Crippen LogP contribution in [0.25, 0.3) is 6.08 Å². The van der Waals surface area contributed by atoms with Crippen LogP contribution < -0.4 is 9.64 Å². The number of benzene rings is 2. The van der Waals surface area contributed by atoms with Gasteiger partial charge in [0, 0.05) is 11.1 Å². The van der Waals surface area contributed by atoms with Crippen LogP contribution in [0.2, 0.25) is 5.02 Å². The van der Waals surface area contributed by atoms with E-state index in [1.54, 1.807) is 24.3 Å². The van der Waals surface area contributed by atoms with Crippen molar-refractivity contribution in [2.75, 3.05) is 12.0 Å². The molecule has 1 saturated heterocycles. The van der Waals surface area contributed by atoms with E-state index in [1.165, 1.54) is 24.2 Å². The first-order chi connectivity index (χ1) is 12.8. The second kappa shape index (κ2) is 7.55. The van der Waals surface area contributed by atoms with Crippen molar-refractivity contribution < 1.29 is 19.6 Å². The van der Waals surface area contributed by atoms with Crippen LogP contribution in [-0.2, 0) is 4.79 Å². The third-order valence-corrected chi connectivity index (χ3v) is 5.19. The molecular weight excluding hydrogens is 412 g/mol. The molecule has 0 aliphatic carbocycles. The van der Waals surface area contributed by atoms with E-state index in [0.29, 0.717) is 20.6 Å². The van der Waals surface area contributed by atoms with Crippen LogP contribution in [-0.4, -0.2) is 27.4 Å². The van der Waals surface area contributed by atoms with Crippen molar-refractivity contribution in [2.24, 2.45) is 0 Å². The molecule has 138 valence electrons. The molecule has 0 aromatic heterocycles. The highest BCUT2D eigenvalue weighted by atomic mass is 35.5. The quantitative estimate of drug-likeness (QED) is 0.338. The molecule has 1 aliphatic heterocycles. The van der Waals surface area contributed by atoms with Gasteiger partial charge in [-0.3, -0.25) is 19.8 Å². The average molecular weight is 423 g/mol. The molecule has 0 atom stereocenters. The Morgan fingerprint density at radius 2 is 2.11 bits per heavy atom. The Morgan fingerprint density at radius 3 is 2.74 bits per heavy atom. The van der Waals surface area contributed by atoms with E-state index in [-0.39, 0.29) is 16.6 Å². The zero-order valence-corrected chi connectivity index (χ0v) is 16.1. The predicted molar refractivity (Wildman–Crippen MR) is 108 cm³/mol. The summed E-state index contributed by atoms with van der Waals surface area (Å²) in [5.41, 5.74) is 0.330. The van der Waals surface area contributed by atoms with Gasteiger partial charge in [0.25, 0.3) is 5.91 Å². The van der Waals surface area contributed by atoms with Crippen LogP contribution in [0.1, 0.15) is 5.56 Å². The zero-order valence-electron chi connectivity index (χ0n) is 13.7. The smallest absolute Gasteiger partial charge is 0.315 e. The number of carbonyl (C=O) groups excluding carboxylic acids is 1. The minimum absolute atomic E-state index is 0.0687. The Morgan fingerprint density at radius 1 is 1.37 bits per heavy atom. The maximum Gasteiger partial charge on any atom is 0.315 e. The first-order valence-corrected chi connectivity index (χ1v) is 9.01. The number of amides is 1. The van der Waals surface area contributed by atoms with Gasteiger partial charge in [-0.1, -0.05) is 41.6 Å². The number of methoxy groups -OCH3 is 1. The predicted octanol–water partition coefficient (Wildman–Crippen LogP) is 4.37.